The highest BCUT2D eigenvalue weighted by Gasteiger charge is 2.27. The molecule has 0 spiro atoms. The third kappa shape index (κ3) is 12.4. The second-order valence-electron chi connectivity index (χ2n) is 7.49. The zero-order chi connectivity index (χ0) is 18.4. The maximum absolute atomic E-state index is 12.1. The fraction of sp³-hybridized carbons (Fsp3) is 0.900. The van der Waals surface area contributed by atoms with Crippen molar-refractivity contribution in [1.29, 1.82) is 0 Å². The number of carboxylic acid groups (broad SMARTS) is 1. The first-order valence-corrected chi connectivity index (χ1v) is 9.77. The Kier molecular flexibility index (Phi) is 12.7. The number of rotatable bonds is 15. The quantitative estimate of drug-likeness (QED) is 0.305. The SMILES string of the molecule is CCCCCCCCCC(C)(C)OC(=O)CC(CCCC)C(=O)O. The van der Waals surface area contributed by atoms with E-state index in [2.05, 4.69) is 6.92 Å². The minimum Gasteiger partial charge on any atom is -0.481 e. The molecule has 142 valence electrons. The summed E-state index contributed by atoms with van der Waals surface area (Å²) in [6.45, 7) is 8.07. The van der Waals surface area contributed by atoms with Crippen LogP contribution in [0.4, 0.5) is 0 Å². The zero-order valence-corrected chi connectivity index (χ0v) is 16.2. The topological polar surface area (TPSA) is 63.6 Å². The van der Waals surface area contributed by atoms with E-state index in [1.807, 2.05) is 20.8 Å². The van der Waals surface area contributed by atoms with Crippen LogP contribution in [0, 0.1) is 5.92 Å². The van der Waals surface area contributed by atoms with Crippen molar-refractivity contribution in [3.63, 3.8) is 0 Å². The van der Waals surface area contributed by atoms with Crippen LogP contribution in [0.5, 0.6) is 0 Å². The highest BCUT2D eigenvalue weighted by Crippen LogP contribution is 2.22. The van der Waals surface area contributed by atoms with Crippen LogP contribution in [0.25, 0.3) is 0 Å². The second kappa shape index (κ2) is 13.3. The van der Waals surface area contributed by atoms with E-state index >= 15 is 0 Å². The van der Waals surface area contributed by atoms with E-state index in [1.54, 1.807) is 0 Å². The fourth-order valence-electron chi connectivity index (χ4n) is 2.87. The maximum Gasteiger partial charge on any atom is 0.307 e. The largest absolute Gasteiger partial charge is 0.481 e. The summed E-state index contributed by atoms with van der Waals surface area (Å²) in [6, 6.07) is 0. The minimum absolute atomic E-state index is 0.0181. The normalized spacial score (nSPS) is 12.8. The summed E-state index contributed by atoms with van der Waals surface area (Å²) in [5.74, 6) is -1.90. The van der Waals surface area contributed by atoms with E-state index in [0.29, 0.717) is 6.42 Å². The first-order valence-electron chi connectivity index (χ1n) is 9.77. The number of aliphatic carboxylic acids is 1. The molecule has 0 amide bonds. The Morgan fingerprint density at radius 1 is 0.917 bits per heavy atom. The van der Waals surface area contributed by atoms with Gasteiger partial charge in [0.15, 0.2) is 0 Å². The summed E-state index contributed by atoms with van der Waals surface area (Å²) >= 11 is 0. The molecule has 0 aromatic heterocycles. The molecule has 0 aromatic carbocycles. The Hall–Kier alpha value is -1.06. The van der Waals surface area contributed by atoms with E-state index < -0.39 is 17.5 Å². The van der Waals surface area contributed by atoms with Crippen LogP contribution in [0.3, 0.4) is 0 Å². The van der Waals surface area contributed by atoms with E-state index in [9.17, 15) is 14.7 Å². The lowest BCUT2D eigenvalue weighted by atomic mass is 9.97. The van der Waals surface area contributed by atoms with Gasteiger partial charge in [-0.3, -0.25) is 9.59 Å². The Morgan fingerprint density at radius 2 is 1.46 bits per heavy atom. The third-order valence-electron chi connectivity index (χ3n) is 4.44. The molecule has 1 N–H and O–H groups in total. The molecule has 0 heterocycles. The van der Waals surface area contributed by atoms with Crippen molar-refractivity contribution in [3.8, 4) is 0 Å². The number of carbonyl (C=O) groups excluding carboxylic acids is 1. The summed E-state index contributed by atoms with van der Waals surface area (Å²) in [7, 11) is 0. The Bertz CT molecular complexity index is 350. The van der Waals surface area contributed by atoms with Crippen molar-refractivity contribution in [2.24, 2.45) is 5.92 Å². The number of hydrogen-bond acceptors (Lipinski definition) is 3. The highest BCUT2D eigenvalue weighted by atomic mass is 16.6. The predicted octanol–water partition coefficient (Wildman–Crippen LogP) is 5.73. The lowest BCUT2D eigenvalue weighted by Crippen LogP contribution is -2.30. The standard InChI is InChI=1S/C20H38O4/c1-5-7-9-10-11-12-13-15-20(3,4)24-18(21)16-17(19(22)23)14-8-6-2/h17H,5-16H2,1-4H3,(H,22,23). The van der Waals surface area contributed by atoms with Gasteiger partial charge in [-0.1, -0.05) is 65.2 Å². The number of hydrogen-bond donors (Lipinski definition) is 1. The van der Waals surface area contributed by atoms with Crippen molar-refractivity contribution in [2.75, 3.05) is 0 Å². The third-order valence-corrected chi connectivity index (χ3v) is 4.44. The number of unbranched alkanes of at least 4 members (excludes halogenated alkanes) is 7. The molecule has 0 bridgehead atoms. The Balaban J connectivity index is 4.04. The van der Waals surface area contributed by atoms with Gasteiger partial charge in [-0.25, -0.2) is 0 Å². The van der Waals surface area contributed by atoms with Crippen LogP contribution >= 0.6 is 0 Å². The number of carbonyl (C=O) groups is 2. The molecule has 0 radical (unpaired) electrons. The van der Waals surface area contributed by atoms with E-state index in [-0.39, 0.29) is 12.4 Å². The maximum atomic E-state index is 12.1. The molecule has 0 aliphatic rings. The Labute approximate surface area is 148 Å². The minimum atomic E-state index is -0.898. The molecule has 0 fully saturated rings. The zero-order valence-electron chi connectivity index (χ0n) is 16.2. The van der Waals surface area contributed by atoms with Crippen molar-refractivity contribution in [3.05, 3.63) is 0 Å². The molecule has 0 rings (SSSR count). The van der Waals surface area contributed by atoms with Gasteiger partial charge < -0.3 is 9.84 Å². The van der Waals surface area contributed by atoms with E-state index in [1.165, 1.54) is 38.5 Å². The second-order valence-corrected chi connectivity index (χ2v) is 7.49. The first kappa shape index (κ1) is 22.9. The fourth-order valence-corrected chi connectivity index (χ4v) is 2.87. The molecular formula is C20H38O4. The van der Waals surface area contributed by atoms with Crippen LogP contribution in [-0.2, 0) is 14.3 Å². The van der Waals surface area contributed by atoms with Crippen molar-refractivity contribution in [2.45, 2.75) is 110 Å². The van der Waals surface area contributed by atoms with Crippen molar-refractivity contribution >= 4 is 11.9 Å². The number of carboxylic acids is 1. The van der Waals surface area contributed by atoms with Gasteiger partial charge >= 0.3 is 11.9 Å². The molecule has 1 unspecified atom stereocenters. The molecule has 0 saturated carbocycles. The molecular weight excluding hydrogens is 304 g/mol. The lowest BCUT2D eigenvalue weighted by Gasteiger charge is -2.26. The molecule has 24 heavy (non-hydrogen) atoms. The average molecular weight is 343 g/mol. The van der Waals surface area contributed by atoms with Gasteiger partial charge in [0, 0.05) is 0 Å². The average Bonchev–Trinajstić information content (AvgIpc) is 2.49. The van der Waals surface area contributed by atoms with Gasteiger partial charge in [-0.2, -0.15) is 0 Å². The van der Waals surface area contributed by atoms with Gasteiger partial charge in [0.2, 0.25) is 0 Å². The van der Waals surface area contributed by atoms with Crippen LogP contribution in [0.15, 0.2) is 0 Å². The van der Waals surface area contributed by atoms with Crippen LogP contribution in [-0.4, -0.2) is 22.6 Å². The highest BCUT2D eigenvalue weighted by molar-refractivity contribution is 5.78. The van der Waals surface area contributed by atoms with Gasteiger partial charge in [-0.05, 0) is 33.1 Å². The molecule has 1 atom stereocenters. The smallest absolute Gasteiger partial charge is 0.307 e. The number of ether oxygens (including phenoxy) is 1. The van der Waals surface area contributed by atoms with Crippen LogP contribution < -0.4 is 0 Å². The molecule has 4 heteroatoms. The molecule has 0 aliphatic carbocycles. The summed E-state index contributed by atoms with van der Waals surface area (Å²) in [5, 5.41) is 9.20. The summed E-state index contributed by atoms with van der Waals surface area (Å²) in [6.07, 6.45) is 11.7. The van der Waals surface area contributed by atoms with Gasteiger partial charge in [0.25, 0.3) is 0 Å². The summed E-state index contributed by atoms with van der Waals surface area (Å²) in [5.41, 5.74) is -0.506. The van der Waals surface area contributed by atoms with Gasteiger partial charge in [-0.15, -0.1) is 0 Å². The molecule has 0 aliphatic heterocycles. The van der Waals surface area contributed by atoms with Crippen molar-refractivity contribution < 1.29 is 19.4 Å². The first-order chi connectivity index (χ1) is 11.3. The van der Waals surface area contributed by atoms with E-state index in [4.69, 9.17) is 4.74 Å². The molecule has 0 saturated heterocycles. The monoisotopic (exact) mass is 342 g/mol. The van der Waals surface area contributed by atoms with Crippen LogP contribution in [0.1, 0.15) is 105 Å². The summed E-state index contributed by atoms with van der Waals surface area (Å²) < 4.78 is 5.54. The van der Waals surface area contributed by atoms with Crippen LogP contribution in [0.2, 0.25) is 0 Å². The predicted molar refractivity (Wildman–Crippen MR) is 98.0 cm³/mol. The lowest BCUT2D eigenvalue weighted by molar-refractivity contribution is -0.161. The van der Waals surface area contributed by atoms with Gasteiger partial charge in [0.05, 0.1) is 12.3 Å². The molecule has 0 aromatic rings. The molecule has 4 nitrogen and oxygen atoms in total. The van der Waals surface area contributed by atoms with Gasteiger partial charge in [0.1, 0.15) is 5.60 Å². The van der Waals surface area contributed by atoms with E-state index in [0.717, 1.165) is 25.7 Å². The van der Waals surface area contributed by atoms with Crippen molar-refractivity contribution in [1.82, 2.24) is 0 Å². The number of esters is 1. The Morgan fingerprint density at radius 3 is 2.00 bits per heavy atom. The summed E-state index contributed by atoms with van der Waals surface area (Å²) in [4.78, 5) is 23.3.